The molecule has 0 aliphatic heterocycles. The first-order chi connectivity index (χ1) is 9.13. The minimum absolute atomic E-state index is 0.122. The number of hydrogen-bond donors (Lipinski definition) is 3. The molecule has 0 saturated carbocycles. The predicted molar refractivity (Wildman–Crippen MR) is 74.5 cm³/mol. The Hall–Kier alpha value is -2.05. The van der Waals surface area contributed by atoms with Gasteiger partial charge in [-0.25, -0.2) is 9.97 Å². The van der Waals surface area contributed by atoms with Gasteiger partial charge < -0.3 is 20.7 Å². The van der Waals surface area contributed by atoms with Gasteiger partial charge in [0, 0.05) is 13.6 Å². The van der Waals surface area contributed by atoms with Crippen molar-refractivity contribution in [3.8, 4) is 5.75 Å². The van der Waals surface area contributed by atoms with Crippen LogP contribution in [0.25, 0.3) is 0 Å². The molecule has 1 unspecified atom stereocenters. The summed E-state index contributed by atoms with van der Waals surface area (Å²) in [5, 5.41) is 8.72. The van der Waals surface area contributed by atoms with Gasteiger partial charge in [0.2, 0.25) is 11.7 Å². The fourth-order valence-electron chi connectivity index (χ4n) is 1.53. The molecule has 0 aliphatic rings. The summed E-state index contributed by atoms with van der Waals surface area (Å²) < 4.78 is 5.31. The normalized spacial score (nSPS) is 11.6. The highest BCUT2D eigenvalue weighted by atomic mass is 16.5. The van der Waals surface area contributed by atoms with Crippen molar-refractivity contribution in [2.75, 3.05) is 31.3 Å². The lowest BCUT2D eigenvalue weighted by molar-refractivity contribution is -0.121. The predicted octanol–water partition coefficient (Wildman–Crippen LogP) is 0.853. The van der Waals surface area contributed by atoms with Crippen LogP contribution in [0.5, 0.6) is 5.75 Å². The summed E-state index contributed by atoms with van der Waals surface area (Å²) >= 11 is 0. The van der Waals surface area contributed by atoms with Crippen LogP contribution in [0.1, 0.15) is 20.3 Å². The van der Waals surface area contributed by atoms with Crippen molar-refractivity contribution < 1.29 is 9.53 Å². The molecule has 1 heterocycles. The molecule has 0 radical (unpaired) electrons. The van der Waals surface area contributed by atoms with Crippen LogP contribution in [0, 0.1) is 0 Å². The Balaban J connectivity index is 2.90. The van der Waals surface area contributed by atoms with Gasteiger partial charge in [-0.05, 0) is 13.3 Å². The van der Waals surface area contributed by atoms with Crippen molar-refractivity contribution in [3.05, 3.63) is 6.33 Å². The fraction of sp³-hybridized carbons (Fsp3) is 0.583. The summed E-state index contributed by atoms with van der Waals surface area (Å²) in [5.41, 5.74) is 0. The van der Waals surface area contributed by atoms with E-state index in [1.165, 1.54) is 6.33 Å². The van der Waals surface area contributed by atoms with Crippen LogP contribution in [0.15, 0.2) is 6.33 Å². The number of ether oxygens (including phenoxy) is 1. The van der Waals surface area contributed by atoms with Gasteiger partial charge in [0.25, 0.3) is 0 Å². The number of amides is 1. The van der Waals surface area contributed by atoms with Gasteiger partial charge in [-0.2, -0.15) is 0 Å². The molecule has 0 bridgehead atoms. The third-order valence-electron chi connectivity index (χ3n) is 2.54. The molecule has 0 spiro atoms. The zero-order valence-electron chi connectivity index (χ0n) is 11.8. The van der Waals surface area contributed by atoms with Crippen LogP contribution in [-0.2, 0) is 4.79 Å². The summed E-state index contributed by atoms with van der Waals surface area (Å²) in [5.74, 6) is 1.49. The maximum atomic E-state index is 11.5. The number of likely N-dealkylation sites (N-methyl/N-ethyl adjacent to an activating group) is 1. The average molecular weight is 267 g/mol. The van der Waals surface area contributed by atoms with Crippen molar-refractivity contribution in [2.45, 2.75) is 26.3 Å². The summed E-state index contributed by atoms with van der Waals surface area (Å²) in [6.45, 7) is 4.60. The molecule has 7 nitrogen and oxygen atoms in total. The van der Waals surface area contributed by atoms with Gasteiger partial charge >= 0.3 is 0 Å². The van der Waals surface area contributed by atoms with Crippen molar-refractivity contribution in [1.29, 1.82) is 0 Å². The molecule has 1 amide bonds. The third-order valence-corrected chi connectivity index (χ3v) is 2.54. The van der Waals surface area contributed by atoms with Crippen molar-refractivity contribution in [3.63, 3.8) is 0 Å². The molecule has 106 valence electrons. The van der Waals surface area contributed by atoms with Gasteiger partial charge in [0.1, 0.15) is 12.4 Å². The van der Waals surface area contributed by atoms with Crippen LogP contribution in [0.2, 0.25) is 0 Å². The molecule has 3 N–H and O–H groups in total. The molecule has 1 aromatic heterocycles. The number of hydrogen-bond acceptors (Lipinski definition) is 6. The van der Waals surface area contributed by atoms with Crippen LogP contribution in [0.3, 0.4) is 0 Å². The Labute approximate surface area is 113 Å². The van der Waals surface area contributed by atoms with E-state index in [1.807, 2.05) is 0 Å². The van der Waals surface area contributed by atoms with Crippen molar-refractivity contribution >= 4 is 17.5 Å². The van der Waals surface area contributed by atoms with Crippen LogP contribution >= 0.6 is 0 Å². The lowest BCUT2D eigenvalue weighted by Crippen LogP contribution is -2.35. The highest BCUT2D eigenvalue weighted by molar-refractivity contribution is 5.84. The largest absolute Gasteiger partial charge is 0.490 e. The second-order valence-electron chi connectivity index (χ2n) is 4.01. The average Bonchev–Trinajstić information content (AvgIpc) is 2.44. The Morgan fingerprint density at radius 1 is 1.42 bits per heavy atom. The number of anilines is 2. The van der Waals surface area contributed by atoms with Gasteiger partial charge in [-0.15, -0.1) is 0 Å². The molecule has 1 aromatic rings. The van der Waals surface area contributed by atoms with Gasteiger partial charge in [0.15, 0.2) is 11.6 Å². The summed E-state index contributed by atoms with van der Waals surface area (Å²) in [6.07, 6.45) is 2.41. The van der Waals surface area contributed by atoms with Crippen LogP contribution in [-0.4, -0.2) is 42.6 Å². The van der Waals surface area contributed by atoms with E-state index in [2.05, 4.69) is 32.8 Å². The van der Waals surface area contributed by atoms with Crippen molar-refractivity contribution in [2.24, 2.45) is 0 Å². The zero-order valence-corrected chi connectivity index (χ0v) is 11.8. The topological polar surface area (TPSA) is 88.2 Å². The lowest BCUT2D eigenvalue weighted by atomic mass is 10.3. The number of carbonyl (C=O) groups excluding carboxylic acids is 1. The van der Waals surface area contributed by atoms with E-state index in [0.29, 0.717) is 17.4 Å². The van der Waals surface area contributed by atoms with E-state index in [4.69, 9.17) is 4.74 Å². The molecular weight excluding hydrogens is 246 g/mol. The van der Waals surface area contributed by atoms with E-state index >= 15 is 0 Å². The first-order valence-electron chi connectivity index (χ1n) is 6.25. The Kier molecular flexibility index (Phi) is 5.84. The number of methoxy groups -OCH3 is 1. The molecule has 7 heteroatoms. The maximum absolute atomic E-state index is 11.5. The minimum atomic E-state index is -0.409. The smallest absolute Gasteiger partial charge is 0.241 e. The monoisotopic (exact) mass is 267 g/mol. The molecule has 0 aliphatic carbocycles. The second kappa shape index (κ2) is 7.40. The highest BCUT2D eigenvalue weighted by Crippen LogP contribution is 2.29. The van der Waals surface area contributed by atoms with E-state index in [1.54, 1.807) is 21.1 Å². The van der Waals surface area contributed by atoms with Gasteiger partial charge in [0.05, 0.1) is 7.11 Å². The molecular formula is C12H21N5O2. The molecule has 0 saturated heterocycles. The number of nitrogens with zero attached hydrogens (tertiary/aromatic N) is 2. The third kappa shape index (κ3) is 3.97. The van der Waals surface area contributed by atoms with Crippen molar-refractivity contribution in [1.82, 2.24) is 15.3 Å². The standard InChI is InChI=1S/C12H21N5O2/c1-5-6-14-10-9(19-4)11(16-7-15-10)17-8(2)12(18)13-3/h7-8H,5-6H2,1-4H3,(H,13,18)(H2,14,15,16,17). The van der Waals surface area contributed by atoms with E-state index in [9.17, 15) is 4.79 Å². The van der Waals surface area contributed by atoms with Crippen LogP contribution in [0.4, 0.5) is 11.6 Å². The maximum Gasteiger partial charge on any atom is 0.241 e. The molecule has 19 heavy (non-hydrogen) atoms. The summed E-state index contributed by atoms with van der Waals surface area (Å²) in [4.78, 5) is 19.7. The number of carbonyl (C=O) groups is 1. The Bertz CT molecular complexity index is 425. The van der Waals surface area contributed by atoms with E-state index < -0.39 is 6.04 Å². The van der Waals surface area contributed by atoms with E-state index in [0.717, 1.165) is 13.0 Å². The molecule has 1 rings (SSSR count). The number of aromatic nitrogens is 2. The first-order valence-corrected chi connectivity index (χ1v) is 6.25. The van der Waals surface area contributed by atoms with Gasteiger partial charge in [-0.1, -0.05) is 6.92 Å². The van der Waals surface area contributed by atoms with E-state index in [-0.39, 0.29) is 5.91 Å². The zero-order chi connectivity index (χ0) is 14.3. The molecule has 0 fully saturated rings. The summed E-state index contributed by atoms with van der Waals surface area (Å²) in [7, 11) is 3.14. The molecule has 0 aromatic carbocycles. The van der Waals surface area contributed by atoms with Gasteiger partial charge in [-0.3, -0.25) is 4.79 Å². The second-order valence-corrected chi connectivity index (χ2v) is 4.01. The van der Waals surface area contributed by atoms with Crippen LogP contribution < -0.4 is 20.7 Å². The Morgan fingerprint density at radius 3 is 2.68 bits per heavy atom. The SMILES string of the molecule is CCCNc1ncnc(NC(C)C(=O)NC)c1OC. The Morgan fingerprint density at radius 2 is 2.11 bits per heavy atom. The quantitative estimate of drug-likeness (QED) is 0.679. The number of rotatable bonds is 7. The fourth-order valence-corrected chi connectivity index (χ4v) is 1.53. The lowest BCUT2D eigenvalue weighted by Gasteiger charge is -2.17. The summed E-state index contributed by atoms with van der Waals surface area (Å²) in [6, 6.07) is -0.409. The number of nitrogens with one attached hydrogen (secondary N) is 3. The molecule has 1 atom stereocenters. The highest BCUT2D eigenvalue weighted by Gasteiger charge is 2.17. The first kappa shape index (κ1) is 15.0. The minimum Gasteiger partial charge on any atom is -0.490 e.